The molecule has 1 aromatic heterocycles. The molecule has 3 N–H and O–H groups in total. The standard InChI is InChI=1S/C9H9F3N2O4/c1-17-7-6(18-9(10,11)12)2-4(8(15)16)5(3-13)14-7/h2H,3,13H2,1H3,(H,15,16). The Morgan fingerprint density at radius 1 is 1.56 bits per heavy atom. The van der Waals surface area contributed by atoms with Gasteiger partial charge in [0.2, 0.25) is 0 Å². The molecule has 0 aromatic carbocycles. The highest BCUT2D eigenvalue weighted by Gasteiger charge is 2.33. The highest BCUT2D eigenvalue weighted by Crippen LogP contribution is 2.32. The largest absolute Gasteiger partial charge is 0.573 e. The summed E-state index contributed by atoms with van der Waals surface area (Å²) in [6, 6.07) is 0.670. The summed E-state index contributed by atoms with van der Waals surface area (Å²) in [5.41, 5.74) is 4.67. The fourth-order valence-corrected chi connectivity index (χ4v) is 1.20. The zero-order valence-corrected chi connectivity index (χ0v) is 9.11. The molecular formula is C9H9F3N2O4. The molecular weight excluding hydrogens is 257 g/mol. The van der Waals surface area contributed by atoms with Crippen molar-refractivity contribution in [1.82, 2.24) is 4.98 Å². The van der Waals surface area contributed by atoms with Gasteiger partial charge >= 0.3 is 12.3 Å². The lowest BCUT2D eigenvalue weighted by atomic mass is 10.2. The minimum atomic E-state index is -4.98. The third-order valence-electron chi connectivity index (χ3n) is 1.88. The molecule has 0 aliphatic rings. The maximum atomic E-state index is 12.1. The predicted molar refractivity (Wildman–Crippen MR) is 52.3 cm³/mol. The number of aromatic nitrogens is 1. The zero-order chi connectivity index (χ0) is 13.9. The number of nitrogens with two attached hydrogens (primary N) is 1. The van der Waals surface area contributed by atoms with Crippen LogP contribution in [0.2, 0.25) is 0 Å². The summed E-state index contributed by atoms with van der Waals surface area (Å²) in [6.45, 7) is -0.260. The Labute approximate surface area is 99.1 Å². The number of alkyl halides is 3. The van der Waals surface area contributed by atoms with Crippen molar-refractivity contribution in [3.05, 3.63) is 17.3 Å². The number of hydrogen-bond donors (Lipinski definition) is 2. The lowest BCUT2D eigenvalue weighted by Gasteiger charge is -2.13. The second-order valence-corrected chi connectivity index (χ2v) is 3.05. The van der Waals surface area contributed by atoms with Gasteiger partial charge in [0.1, 0.15) is 0 Å². The van der Waals surface area contributed by atoms with Crippen LogP contribution in [-0.2, 0) is 6.54 Å². The van der Waals surface area contributed by atoms with Crippen molar-refractivity contribution >= 4 is 5.97 Å². The van der Waals surface area contributed by atoms with Crippen LogP contribution in [0.3, 0.4) is 0 Å². The van der Waals surface area contributed by atoms with Crippen molar-refractivity contribution < 1.29 is 32.5 Å². The van der Waals surface area contributed by atoms with Gasteiger partial charge in [0.25, 0.3) is 5.88 Å². The summed E-state index contributed by atoms with van der Waals surface area (Å²) in [6.07, 6.45) is -4.98. The summed E-state index contributed by atoms with van der Waals surface area (Å²) >= 11 is 0. The first-order valence-electron chi connectivity index (χ1n) is 4.55. The van der Waals surface area contributed by atoms with Crippen LogP contribution in [0.5, 0.6) is 11.6 Å². The number of halogens is 3. The topological polar surface area (TPSA) is 94.7 Å². The molecule has 0 saturated heterocycles. The highest BCUT2D eigenvalue weighted by molar-refractivity contribution is 5.89. The number of carboxylic acid groups (broad SMARTS) is 1. The van der Waals surface area contributed by atoms with Gasteiger partial charge in [-0.2, -0.15) is 0 Å². The van der Waals surface area contributed by atoms with Crippen molar-refractivity contribution in [3.63, 3.8) is 0 Å². The Hall–Kier alpha value is -2.03. The number of hydrogen-bond acceptors (Lipinski definition) is 5. The fourth-order valence-electron chi connectivity index (χ4n) is 1.20. The molecule has 1 heterocycles. The van der Waals surface area contributed by atoms with Gasteiger partial charge < -0.3 is 20.3 Å². The smallest absolute Gasteiger partial charge is 0.478 e. The van der Waals surface area contributed by atoms with E-state index < -0.39 is 29.5 Å². The predicted octanol–water partition coefficient (Wildman–Crippen LogP) is 1.15. The molecule has 0 fully saturated rings. The van der Waals surface area contributed by atoms with Gasteiger partial charge in [0.05, 0.1) is 18.4 Å². The van der Waals surface area contributed by atoms with Crippen LogP contribution in [-0.4, -0.2) is 29.5 Å². The molecule has 0 saturated carbocycles. The number of carboxylic acids is 1. The van der Waals surface area contributed by atoms with E-state index in [2.05, 4.69) is 14.5 Å². The van der Waals surface area contributed by atoms with E-state index in [-0.39, 0.29) is 12.2 Å². The van der Waals surface area contributed by atoms with E-state index in [4.69, 9.17) is 10.8 Å². The van der Waals surface area contributed by atoms with Gasteiger partial charge in [0, 0.05) is 12.6 Å². The van der Waals surface area contributed by atoms with Gasteiger partial charge in [0.15, 0.2) is 5.75 Å². The monoisotopic (exact) mass is 266 g/mol. The number of aromatic carboxylic acids is 1. The number of carbonyl (C=O) groups is 1. The number of ether oxygens (including phenoxy) is 2. The average molecular weight is 266 g/mol. The lowest BCUT2D eigenvalue weighted by molar-refractivity contribution is -0.275. The molecule has 18 heavy (non-hydrogen) atoms. The Morgan fingerprint density at radius 3 is 2.56 bits per heavy atom. The van der Waals surface area contributed by atoms with Crippen LogP contribution in [0.15, 0.2) is 6.07 Å². The third kappa shape index (κ3) is 3.23. The molecule has 9 heteroatoms. The normalized spacial score (nSPS) is 11.2. The first-order valence-corrected chi connectivity index (χ1v) is 4.55. The van der Waals surface area contributed by atoms with Gasteiger partial charge in [-0.15, -0.1) is 13.2 Å². The molecule has 6 nitrogen and oxygen atoms in total. The van der Waals surface area contributed by atoms with Gasteiger partial charge in [-0.25, -0.2) is 9.78 Å². The van der Waals surface area contributed by atoms with E-state index in [1.165, 1.54) is 0 Å². The van der Waals surface area contributed by atoms with Gasteiger partial charge in [-0.05, 0) is 0 Å². The molecule has 0 unspecified atom stereocenters. The summed E-state index contributed by atoms with van der Waals surface area (Å²) in [7, 11) is 1.08. The van der Waals surface area contributed by atoms with Crippen LogP contribution in [0.25, 0.3) is 0 Å². The third-order valence-corrected chi connectivity index (χ3v) is 1.88. The Morgan fingerprint density at radius 2 is 2.17 bits per heavy atom. The van der Waals surface area contributed by atoms with Crippen molar-refractivity contribution in [1.29, 1.82) is 0 Å². The first-order chi connectivity index (χ1) is 8.28. The lowest BCUT2D eigenvalue weighted by Crippen LogP contribution is -2.19. The van der Waals surface area contributed by atoms with Crippen LogP contribution < -0.4 is 15.2 Å². The SMILES string of the molecule is COc1nc(CN)c(C(=O)O)cc1OC(F)(F)F. The van der Waals surface area contributed by atoms with Crippen molar-refractivity contribution in [2.24, 2.45) is 5.73 Å². The highest BCUT2D eigenvalue weighted by atomic mass is 19.4. The maximum Gasteiger partial charge on any atom is 0.573 e. The van der Waals surface area contributed by atoms with E-state index in [1.54, 1.807) is 0 Å². The number of nitrogens with zero attached hydrogens (tertiary/aromatic N) is 1. The molecule has 0 atom stereocenters. The van der Waals surface area contributed by atoms with Gasteiger partial charge in [-0.3, -0.25) is 0 Å². The number of pyridine rings is 1. The van der Waals surface area contributed by atoms with E-state index in [0.29, 0.717) is 6.07 Å². The van der Waals surface area contributed by atoms with Crippen LogP contribution in [0.1, 0.15) is 16.1 Å². The Kier molecular flexibility index (Phi) is 3.96. The van der Waals surface area contributed by atoms with Crippen molar-refractivity contribution in [2.75, 3.05) is 7.11 Å². The molecule has 0 aliphatic heterocycles. The Bertz CT molecular complexity index is 462. The second-order valence-electron chi connectivity index (χ2n) is 3.05. The average Bonchev–Trinajstić information content (AvgIpc) is 2.26. The fraction of sp³-hybridized carbons (Fsp3) is 0.333. The minimum absolute atomic E-state index is 0.103. The first kappa shape index (κ1) is 14.0. The van der Waals surface area contributed by atoms with Crippen molar-refractivity contribution in [2.45, 2.75) is 12.9 Å². The minimum Gasteiger partial charge on any atom is -0.478 e. The van der Waals surface area contributed by atoms with E-state index in [0.717, 1.165) is 7.11 Å². The second kappa shape index (κ2) is 5.08. The molecule has 0 radical (unpaired) electrons. The molecule has 100 valence electrons. The van der Waals surface area contributed by atoms with Crippen molar-refractivity contribution in [3.8, 4) is 11.6 Å². The molecule has 0 spiro atoms. The van der Waals surface area contributed by atoms with E-state index >= 15 is 0 Å². The van der Waals surface area contributed by atoms with E-state index in [1.807, 2.05) is 0 Å². The van der Waals surface area contributed by atoms with Crippen LogP contribution in [0.4, 0.5) is 13.2 Å². The summed E-state index contributed by atoms with van der Waals surface area (Å²) < 4.78 is 44.5. The maximum absolute atomic E-state index is 12.1. The summed E-state index contributed by atoms with van der Waals surface area (Å²) in [5, 5.41) is 8.81. The molecule has 1 rings (SSSR count). The summed E-state index contributed by atoms with van der Waals surface area (Å²) in [5.74, 6) is -2.78. The molecule has 0 amide bonds. The number of methoxy groups -OCH3 is 1. The van der Waals surface area contributed by atoms with Gasteiger partial charge in [-0.1, -0.05) is 0 Å². The van der Waals surface area contributed by atoms with E-state index in [9.17, 15) is 18.0 Å². The zero-order valence-electron chi connectivity index (χ0n) is 9.11. The quantitative estimate of drug-likeness (QED) is 0.848. The molecule has 0 bridgehead atoms. The molecule has 0 aliphatic carbocycles. The Balaban J connectivity index is 3.32. The summed E-state index contributed by atoms with van der Waals surface area (Å²) in [4.78, 5) is 14.4. The molecule has 1 aromatic rings. The van der Waals surface area contributed by atoms with Crippen LogP contribution in [0, 0.1) is 0 Å². The number of rotatable bonds is 4. The van der Waals surface area contributed by atoms with Crippen LogP contribution >= 0.6 is 0 Å².